The molecular formula is C21H24N2O4S. The van der Waals surface area contributed by atoms with Crippen LogP contribution in [0.25, 0.3) is 0 Å². The fourth-order valence-electron chi connectivity index (χ4n) is 3.20. The minimum atomic E-state index is -1.02. The second-order valence-corrected chi connectivity index (χ2v) is 8.07. The Hall–Kier alpha value is -2.67. The molecule has 7 heteroatoms. The zero-order valence-electron chi connectivity index (χ0n) is 16.0. The van der Waals surface area contributed by atoms with E-state index in [1.165, 1.54) is 28.7 Å². The van der Waals surface area contributed by atoms with Gasteiger partial charge in [0.15, 0.2) is 6.10 Å². The van der Waals surface area contributed by atoms with E-state index in [0.29, 0.717) is 16.4 Å². The van der Waals surface area contributed by atoms with Crippen LogP contribution in [0.5, 0.6) is 0 Å². The molecule has 1 aromatic heterocycles. The minimum absolute atomic E-state index is 0.419. The molecule has 148 valence electrons. The van der Waals surface area contributed by atoms with Gasteiger partial charge in [-0.3, -0.25) is 20.4 Å². The number of hydrazine groups is 1. The predicted molar refractivity (Wildman–Crippen MR) is 107 cm³/mol. The van der Waals surface area contributed by atoms with Crippen molar-refractivity contribution >= 4 is 29.1 Å². The summed E-state index contributed by atoms with van der Waals surface area (Å²) in [6.07, 6.45) is 3.26. The van der Waals surface area contributed by atoms with Gasteiger partial charge in [0.05, 0.1) is 0 Å². The van der Waals surface area contributed by atoms with Crippen LogP contribution in [-0.2, 0) is 22.4 Å². The van der Waals surface area contributed by atoms with Crippen LogP contribution >= 0.6 is 11.3 Å². The van der Waals surface area contributed by atoms with Crippen molar-refractivity contribution in [2.24, 2.45) is 5.92 Å². The molecule has 1 heterocycles. The molecule has 0 spiro atoms. The van der Waals surface area contributed by atoms with Crippen molar-refractivity contribution in [3.05, 3.63) is 57.3 Å². The van der Waals surface area contributed by atoms with Gasteiger partial charge in [-0.1, -0.05) is 31.5 Å². The SMILES string of the molecule is CC[C@@H]1CCc2sc(C(=O)O[C@@H](C)C(=O)NNC(=O)c3ccccc3)cc2C1. The molecule has 1 aromatic carbocycles. The molecule has 2 aromatic rings. The zero-order valence-corrected chi connectivity index (χ0v) is 16.8. The van der Waals surface area contributed by atoms with Crippen LogP contribution in [0.4, 0.5) is 0 Å². The first-order valence-electron chi connectivity index (χ1n) is 9.45. The summed E-state index contributed by atoms with van der Waals surface area (Å²) in [7, 11) is 0. The Morgan fingerprint density at radius 3 is 2.68 bits per heavy atom. The minimum Gasteiger partial charge on any atom is -0.448 e. The molecule has 0 unspecified atom stereocenters. The quantitative estimate of drug-likeness (QED) is 0.596. The number of esters is 1. The van der Waals surface area contributed by atoms with Crippen molar-refractivity contribution in [2.75, 3.05) is 0 Å². The van der Waals surface area contributed by atoms with Crippen LogP contribution in [-0.4, -0.2) is 23.9 Å². The molecule has 6 nitrogen and oxygen atoms in total. The Morgan fingerprint density at radius 1 is 1.21 bits per heavy atom. The Bertz CT molecular complexity index is 863. The molecule has 1 aliphatic carbocycles. The normalized spacial score (nSPS) is 16.6. The van der Waals surface area contributed by atoms with E-state index in [4.69, 9.17) is 4.74 Å². The topological polar surface area (TPSA) is 84.5 Å². The summed E-state index contributed by atoms with van der Waals surface area (Å²) in [6, 6.07) is 10.4. The maximum Gasteiger partial charge on any atom is 0.349 e. The van der Waals surface area contributed by atoms with Crippen molar-refractivity contribution < 1.29 is 19.1 Å². The van der Waals surface area contributed by atoms with E-state index in [1.807, 2.05) is 6.07 Å². The van der Waals surface area contributed by atoms with Crippen LogP contribution in [0.3, 0.4) is 0 Å². The van der Waals surface area contributed by atoms with E-state index in [2.05, 4.69) is 17.8 Å². The summed E-state index contributed by atoms with van der Waals surface area (Å²) in [5.41, 5.74) is 6.25. The van der Waals surface area contributed by atoms with Gasteiger partial charge in [0, 0.05) is 10.4 Å². The lowest BCUT2D eigenvalue weighted by molar-refractivity contribution is -0.129. The summed E-state index contributed by atoms with van der Waals surface area (Å²) in [6.45, 7) is 3.66. The third kappa shape index (κ3) is 4.78. The molecule has 0 saturated heterocycles. The van der Waals surface area contributed by atoms with Crippen molar-refractivity contribution in [1.82, 2.24) is 10.9 Å². The largest absolute Gasteiger partial charge is 0.448 e. The van der Waals surface area contributed by atoms with Gasteiger partial charge in [-0.2, -0.15) is 0 Å². The number of rotatable bonds is 5. The Kier molecular flexibility index (Phi) is 6.46. The van der Waals surface area contributed by atoms with Crippen molar-refractivity contribution in [1.29, 1.82) is 0 Å². The van der Waals surface area contributed by atoms with Crippen LogP contribution in [0.2, 0.25) is 0 Å². The third-order valence-corrected chi connectivity index (χ3v) is 6.17. The van der Waals surface area contributed by atoms with Gasteiger partial charge in [0.2, 0.25) is 0 Å². The van der Waals surface area contributed by atoms with Gasteiger partial charge in [0.25, 0.3) is 11.8 Å². The number of carbonyl (C=O) groups is 3. The van der Waals surface area contributed by atoms with Gasteiger partial charge in [0.1, 0.15) is 4.88 Å². The van der Waals surface area contributed by atoms with E-state index in [9.17, 15) is 14.4 Å². The second-order valence-electron chi connectivity index (χ2n) is 6.93. The number of amides is 2. The average Bonchev–Trinajstić information content (AvgIpc) is 3.15. The Morgan fingerprint density at radius 2 is 1.96 bits per heavy atom. The summed E-state index contributed by atoms with van der Waals surface area (Å²) in [5.74, 6) is -0.873. The fraction of sp³-hybridized carbons (Fsp3) is 0.381. The molecule has 0 fully saturated rings. The van der Waals surface area contributed by atoms with Crippen molar-refractivity contribution in [2.45, 2.75) is 45.6 Å². The number of nitrogens with one attached hydrogen (secondary N) is 2. The smallest absolute Gasteiger partial charge is 0.349 e. The summed E-state index contributed by atoms with van der Waals surface area (Å²) in [4.78, 5) is 38.2. The number of hydrogen-bond acceptors (Lipinski definition) is 5. The lowest BCUT2D eigenvalue weighted by atomic mass is 9.87. The molecule has 28 heavy (non-hydrogen) atoms. The molecule has 2 amide bonds. The van der Waals surface area contributed by atoms with Crippen LogP contribution < -0.4 is 10.9 Å². The fourth-order valence-corrected chi connectivity index (χ4v) is 4.29. The van der Waals surface area contributed by atoms with Gasteiger partial charge < -0.3 is 4.74 Å². The number of hydrogen-bond donors (Lipinski definition) is 2. The van der Waals surface area contributed by atoms with E-state index in [0.717, 1.165) is 25.7 Å². The van der Waals surface area contributed by atoms with Gasteiger partial charge in [-0.25, -0.2) is 4.79 Å². The monoisotopic (exact) mass is 400 g/mol. The van der Waals surface area contributed by atoms with E-state index >= 15 is 0 Å². The predicted octanol–water partition coefficient (Wildman–Crippen LogP) is 3.27. The van der Waals surface area contributed by atoms with Gasteiger partial charge >= 0.3 is 5.97 Å². The van der Waals surface area contributed by atoms with Gasteiger partial charge in [-0.05, 0) is 55.9 Å². The van der Waals surface area contributed by atoms with Crippen molar-refractivity contribution in [3.63, 3.8) is 0 Å². The molecule has 3 rings (SSSR count). The van der Waals surface area contributed by atoms with E-state index in [1.54, 1.807) is 30.3 Å². The number of fused-ring (bicyclic) bond motifs is 1. The highest BCUT2D eigenvalue weighted by Gasteiger charge is 2.25. The molecule has 2 atom stereocenters. The van der Waals surface area contributed by atoms with E-state index in [-0.39, 0.29) is 0 Å². The lowest BCUT2D eigenvalue weighted by Crippen LogP contribution is -2.46. The lowest BCUT2D eigenvalue weighted by Gasteiger charge is -2.19. The molecule has 0 radical (unpaired) electrons. The summed E-state index contributed by atoms with van der Waals surface area (Å²) >= 11 is 1.45. The highest BCUT2D eigenvalue weighted by molar-refractivity contribution is 7.14. The molecule has 0 aliphatic heterocycles. The van der Waals surface area contributed by atoms with Crippen LogP contribution in [0.1, 0.15) is 57.2 Å². The first-order chi connectivity index (χ1) is 13.5. The second kappa shape index (κ2) is 9.01. The van der Waals surface area contributed by atoms with Crippen molar-refractivity contribution in [3.8, 4) is 0 Å². The zero-order chi connectivity index (χ0) is 20.1. The molecule has 0 saturated carbocycles. The molecule has 0 bridgehead atoms. The third-order valence-electron chi connectivity index (χ3n) is 4.95. The standard InChI is InChI=1S/C21H24N2O4S/c1-3-14-9-10-17-16(11-14)12-18(28-17)21(26)27-13(2)19(24)22-23-20(25)15-7-5-4-6-8-15/h4-8,12-14H,3,9-11H2,1-2H3,(H,22,24)(H,23,25)/t13-,14+/m0/s1. The van der Waals surface area contributed by atoms with Crippen LogP contribution in [0, 0.1) is 5.92 Å². The Labute approximate surface area is 168 Å². The highest BCUT2D eigenvalue weighted by Crippen LogP contribution is 2.33. The molecule has 2 N–H and O–H groups in total. The average molecular weight is 401 g/mol. The van der Waals surface area contributed by atoms with Crippen LogP contribution in [0.15, 0.2) is 36.4 Å². The maximum absolute atomic E-state index is 12.4. The Balaban J connectivity index is 1.52. The first kappa shape index (κ1) is 20.1. The highest BCUT2D eigenvalue weighted by atomic mass is 32.1. The van der Waals surface area contributed by atoms with E-state index < -0.39 is 23.9 Å². The number of ether oxygens (including phenoxy) is 1. The number of benzene rings is 1. The van der Waals surface area contributed by atoms with Gasteiger partial charge in [-0.15, -0.1) is 11.3 Å². The summed E-state index contributed by atoms with van der Waals surface area (Å²) in [5, 5.41) is 0. The summed E-state index contributed by atoms with van der Waals surface area (Å²) < 4.78 is 5.28. The number of aryl methyl sites for hydroxylation is 1. The molecular weight excluding hydrogens is 376 g/mol. The molecule has 1 aliphatic rings. The number of thiophene rings is 1. The number of carbonyl (C=O) groups excluding carboxylic acids is 3. The maximum atomic E-state index is 12.4. The first-order valence-corrected chi connectivity index (χ1v) is 10.3.